The van der Waals surface area contributed by atoms with Crippen molar-refractivity contribution in [3.05, 3.63) is 11.1 Å². The second-order valence-electron chi connectivity index (χ2n) is 4.03. The Kier molecular flexibility index (Phi) is 3.57. The Morgan fingerprint density at radius 3 is 2.93 bits per heavy atom. The fourth-order valence-corrected chi connectivity index (χ4v) is 2.65. The van der Waals surface area contributed by atoms with Crippen molar-refractivity contribution in [3.8, 4) is 6.07 Å². The van der Waals surface area contributed by atoms with Crippen LogP contribution in [-0.4, -0.2) is 11.5 Å². The zero-order chi connectivity index (χ0) is 10.5. The van der Waals surface area contributed by atoms with Crippen molar-refractivity contribution in [1.82, 2.24) is 4.98 Å². The second kappa shape index (κ2) is 5.13. The van der Waals surface area contributed by atoms with Gasteiger partial charge in [0.05, 0.1) is 6.20 Å². The third-order valence-electron chi connectivity index (χ3n) is 2.88. The minimum absolute atomic E-state index is 0.682. The van der Waals surface area contributed by atoms with Gasteiger partial charge in [0, 0.05) is 6.54 Å². The van der Waals surface area contributed by atoms with Crippen molar-refractivity contribution in [3.63, 3.8) is 0 Å². The van der Waals surface area contributed by atoms with E-state index in [2.05, 4.69) is 16.4 Å². The second-order valence-corrected chi connectivity index (χ2v) is 5.06. The van der Waals surface area contributed by atoms with Gasteiger partial charge in [0.15, 0.2) is 5.13 Å². The molecule has 15 heavy (non-hydrogen) atoms. The molecule has 1 aliphatic rings. The van der Waals surface area contributed by atoms with E-state index < -0.39 is 0 Å². The summed E-state index contributed by atoms with van der Waals surface area (Å²) in [7, 11) is 0. The Balaban J connectivity index is 1.79. The molecule has 1 fully saturated rings. The maximum absolute atomic E-state index is 8.66. The van der Waals surface area contributed by atoms with Crippen LogP contribution in [0.3, 0.4) is 0 Å². The molecule has 1 saturated carbocycles. The Hall–Kier alpha value is -1.08. The lowest BCUT2D eigenvalue weighted by molar-refractivity contribution is 0.373. The highest BCUT2D eigenvalue weighted by atomic mass is 32.1. The summed E-state index contributed by atoms with van der Waals surface area (Å²) < 4.78 is 0. The van der Waals surface area contributed by atoms with E-state index in [9.17, 15) is 0 Å². The van der Waals surface area contributed by atoms with E-state index in [4.69, 9.17) is 5.26 Å². The molecule has 0 unspecified atom stereocenters. The Labute approximate surface area is 94.1 Å². The molecule has 4 heteroatoms. The van der Waals surface area contributed by atoms with Crippen LogP contribution in [0.15, 0.2) is 6.20 Å². The monoisotopic (exact) mass is 221 g/mol. The molecular weight excluding hydrogens is 206 g/mol. The highest BCUT2D eigenvalue weighted by Crippen LogP contribution is 2.24. The van der Waals surface area contributed by atoms with Gasteiger partial charge < -0.3 is 5.32 Å². The predicted molar refractivity (Wildman–Crippen MR) is 61.9 cm³/mol. The molecular formula is C11H15N3S. The van der Waals surface area contributed by atoms with Crippen LogP contribution in [0.2, 0.25) is 0 Å². The molecule has 1 N–H and O–H groups in total. The van der Waals surface area contributed by atoms with E-state index >= 15 is 0 Å². The molecule has 2 rings (SSSR count). The average molecular weight is 221 g/mol. The van der Waals surface area contributed by atoms with Gasteiger partial charge in [0.1, 0.15) is 10.9 Å². The van der Waals surface area contributed by atoms with Crippen molar-refractivity contribution < 1.29 is 0 Å². The maximum atomic E-state index is 8.66. The van der Waals surface area contributed by atoms with Crippen LogP contribution < -0.4 is 5.32 Å². The van der Waals surface area contributed by atoms with Crippen molar-refractivity contribution in [2.24, 2.45) is 5.92 Å². The molecule has 80 valence electrons. The SMILES string of the molecule is N#Cc1cnc(NCC2CCCCC2)s1. The van der Waals surface area contributed by atoms with Crippen LogP contribution in [0.5, 0.6) is 0 Å². The van der Waals surface area contributed by atoms with E-state index in [0.29, 0.717) is 4.88 Å². The first kappa shape index (κ1) is 10.4. The van der Waals surface area contributed by atoms with Crippen LogP contribution in [0.4, 0.5) is 5.13 Å². The van der Waals surface area contributed by atoms with Crippen LogP contribution in [0.1, 0.15) is 37.0 Å². The molecule has 0 aliphatic heterocycles. The standard InChI is InChI=1S/C11H15N3S/c12-6-10-8-14-11(15-10)13-7-9-4-2-1-3-5-9/h8-9H,1-5,7H2,(H,13,14). The number of nitriles is 1. The lowest BCUT2D eigenvalue weighted by Crippen LogP contribution is -2.16. The molecule has 0 spiro atoms. The Morgan fingerprint density at radius 1 is 1.47 bits per heavy atom. The van der Waals surface area contributed by atoms with Gasteiger partial charge in [-0.05, 0) is 18.8 Å². The van der Waals surface area contributed by atoms with Gasteiger partial charge in [-0.15, -0.1) is 0 Å². The summed E-state index contributed by atoms with van der Waals surface area (Å²) in [5, 5.41) is 12.9. The minimum Gasteiger partial charge on any atom is -0.361 e. The number of thiazole rings is 1. The normalized spacial score (nSPS) is 17.3. The summed E-state index contributed by atoms with van der Waals surface area (Å²) in [6.07, 6.45) is 8.44. The number of hydrogen-bond donors (Lipinski definition) is 1. The molecule has 3 nitrogen and oxygen atoms in total. The topological polar surface area (TPSA) is 48.7 Å². The minimum atomic E-state index is 0.682. The highest BCUT2D eigenvalue weighted by molar-refractivity contribution is 7.16. The van der Waals surface area contributed by atoms with Crippen LogP contribution >= 0.6 is 11.3 Å². The van der Waals surface area contributed by atoms with Gasteiger partial charge in [-0.1, -0.05) is 30.6 Å². The number of nitrogens with one attached hydrogen (secondary N) is 1. The van der Waals surface area contributed by atoms with E-state index in [1.807, 2.05) is 0 Å². The number of rotatable bonds is 3. The molecule has 0 radical (unpaired) electrons. The van der Waals surface area contributed by atoms with Gasteiger partial charge in [0.2, 0.25) is 0 Å². The Morgan fingerprint density at radius 2 is 2.27 bits per heavy atom. The first-order chi connectivity index (χ1) is 7.38. The summed E-state index contributed by atoms with van der Waals surface area (Å²) in [4.78, 5) is 4.84. The lowest BCUT2D eigenvalue weighted by atomic mass is 9.89. The number of aromatic nitrogens is 1. The van der Waals surface area contributed by atoms with E-state index in [1.165, 1.54) is 43.4 Å². The smallest absolute Gasteiger partial charge is 0.183 e. The van der Waals surface area contributed by atoms with Crippen molar-refractivity contribution in [2.45, 2.75) is 32.1 Å². The number of nitrogens with zero attached hydrogens (tertiary/aromatic N) is 2. The fraction of sp³-hybridized carbons (Fsp3) is 0.636. The molecule has 0 amide bonds. The largest absolute Gasteiger partial charge is 0.361 e. The molecule has 1 aliphatic carbocycles. The molecule has 0 aromatic carbocycles. The van der Waals surface area contributed by atoms with Crippen LogP contribution in [-0.2, 0) is 0 Å². The van der Waals surface area contributed by atoms with Gasteiger partial charge in [-0.2, -0.15) is 5.26 Å². The van der Waals surface area contributed by atoms with Crippen molar-refractivity contribution in [2.75, 3.05) is 11.9 Å². The summed E-state index contributed by atoms with van der Waals surface area (Å²) in [5.74, 6) is 0.799. The van der Waals surface area contributed by atoms with Crippen LogP contribution in [0.25, 0.3) is 0 Å². The van der Waals surface area contributed by atoms with Crippen molar-refractivity contribution in [1.29, 1.82) is 5.26 Å². The summed E-state index contributed by atoms with van der Waals surface area (Å²) in [6, 6.07) is 2.10. The predicted octanol–water partition coefficient (Wildman–Crippen LogP) is 3.01. The highest BCUT2D eigenvalue weighted by Gasteiger charge is 2.13. The summed E-state index contributed by atoms with van der Waals surface area (Å²) >= 11 is 1.44. The first-order valence-electron chi connectivity index (χ1n) is 5.48. The third-order valence-corrected chi connectivity index (χ3v) is 3.74. The summed E-state index contributed by atoms with van der Waals surface area (Å²) in [6.45, 7) is 1.01. The van der Waals surface area contributed by atoms with Gasteiger partial charge in [-0.25, -0.2) is 4.98 Å². The third kappa shape index (κ3) is 2.93. The first-order valence-corrected chi connectivity index (χ1v) is 6.30. The fourth-order valence-electron chi connectivity index (χ4n) is 2.03. The Bertz CT molecular complexity index is 347. The quantitative estimate of drug-likeness (QED) is 0.853. The van der Waals surface area contributed by atoms with Crippen LogP contribution in [0, 0.1) is 17.2 Å². The average Bonchev–Trinajstić information content (AvgIpc) is 2.76. The summed E-state index contributed by atoms with van der Waals surface area (Å²) in [5.41, 5.74) is 0. The van der Waals surface area contributed by atoms with Gasteiger partial charge in [-0.3, -0.25) is 0 Å². The van der Waals surface area contributed by atoms with E-state index in [0.717, 1.165) is 17.6 Å². The number of hydrogen-bond acceptors (Lipinski definition) is 4. The zero-order valence-electron chi connectivity index (χ0n) is 8.70. The van der Waals surface area contributed by atoms with Gasteiger partial charge in [0.25, 0.3) is 0 Å². The molecule has 0 atom stereocenters. The molecule has 1 aromatic heterocycles. The maximum Gasteiger partial charge on any atom is 0.183 e. The van der Waals surface area contributed by atoms with E-state index in [1.54, 1.807) is 6.20 Å². The lowest BCUT2D eigenvalue weighted by Gasteiger charge is -2.21. The zero-order valence-corrected chi connectivity index (χ0v) is 9.52. The molecule has 1 aromatic rings. The van der Waals surface area contributed by atoms with E-state index in [-0.39, 0.29) is 0 Å². The molecule has 0 saturated heterocycles. The van der Waals surface area contributed by atoms with Gasteiger partial charge >= 0.3 is 0 Å². The molecule has 0 bridgehead atoms. The number of anilines is 1. The molecule has 1 heterocycles. The van der Waals surface area contributed by atoms with Crippen molar-refractivity contribution >= 4 is 16.5 Å².